The fourth-order valence-electron chi connectivity index (χ4n) is 3.04. The molecule has 162 valence electrons. The second-order valence-corrected chi connectivity index (χ2v) is 8.75. The van der Waals surface area contributed by atoms with Crippen LogP contribution in [-0.4, -0.2) is 35.2 Å². The molecular formula is C23H20N4O3S2. The molecule has 0 saturated carbocycles. The van der Waals surface area contributed by atoms with Crippen molar-refractivity contribution >= 4 is 39.6 Å². The van der Waals surface area contributed by atoms with Crippen molar-refractivity contribution in [1.82, 2.24) is 15.5 Å². The van der Waals surface area contributed by atoms with Gasteiger partial charge < -0.3 is 10.1 Å². The average Bonchev–Trinajstić information content (AvgIpc) is 3.52. The van der Waals surface area contributed by atoms with Gasteiger partial charge in [0.15, 0.2) is 0 Å². The first-order chi connectivity index (χ1) is 15.6. The zero-order valence-corrected chi connectivity index (χ0v) is 18.8. The van der Waals surface area contributed by atoms with E-state index in [2.05, 4.69) is 20.8 Å². The van der Waals surface area contributed by atoms with E-state index in [0.29, 0.717) is 27.2 Å². The molecule has 9 heteroatoms. The molecule has 1 unspecified atom stereocenters. The number of amides is 2. The summed E-state index contributed by atoms with van der Waals surface area (Å²) >= 11 is 2.58. The number of benzene rings is 2. The SMILES string of the molecule is COc1cccc(-c2nnc(NC(=O)C(Cc3ccccc3)NC(=O)c3cccs3)s2)c1. The number of aromatic nitrogens is 2. The Morgan fingerprint density at radius 1 is 1.03 bits per heavy atom. The zero-order valence-electron chi connectivity index (χ0n) is 17.1. The van der Waals surface area contributed by atoms with Crippen molar-refractivity contribution in [2.75, 3.05) is 12.4 Å². The minimum absolute atomic E-state index is 0.287. The fraction of sp³-hybridized carbons (Fsp3) is 0.130. The van der Waals surface area contributed by atoms with E-state index in [-0.39, 0.29) is 11.8 Å². The summed E-state index contributed by atoms with van der Waals surface area (Å²) in [6.45, 7) is 0. The number of nitrogens with zero attached hydrogens (tertiary/aromatic N) is 2. The summed E-state index contributed by atoms with van der Waals surface area (Å²) < 4.78 is 5.25. The molecule has 4 aromatic rings. The molecule has 7 nitrogen and oxygen atoms in total. The van der Waals surface area contributed by atoms with Crippen LogP contribution in [0.2, 0.25) is 0 Å². The smallest absolute Gasteiger partial charge is 0.262 e. The summed E-state index contributed by atoms with van der Waals surface area (Å²) in [5.41, 5.74) is 1.78. The van der Waals surface area contributed by atoms with Gasteiger partial charge in [-0.3, -0.25) is 14.9 Å². The number of thiophene rings is 1. The van der Waals surface area contributed by atoms with Crippen LogP contribution in [-0.2, 0) is 11.2 Å². The number of anilines is 1. The highest BCUT2D eigenvalue weighted by atomic mass is 32.1. The molecule has 0 radical (unpaired) electrons. The highest BCUT2D eigenvalue weighted by molar-refractivity contribution is 7.18. The Hall–Kier alpha value is -3.56. The molecular weight excluding hydrogens is 444 g/mol. The number of nitrogens with one attached hydrogen (secondary N) is 2. The van der Waals surface area contributed by atoms with Crippen molar-refractivity contribution in [3.05, 3.63) is 82.6 Å². The topological polar surface area (TPSA) is 93.2 Å². The van der Waals surface area contributed by atoms with Crippen LogP contribution in [0.1, 0.15) is 15.2 Å². The first kappa shape index (κ1) is 21.7. The van der Waals surface area contributed by atoms with Crippen molar-refractivity contribution in [3.8, 4) is 16.3 Å². The summed E-state index contributed by atoms with van der Waals surface area (Å²) in [5, 5.41) is 16.7. The molecule has 2 N–H and O–H groups in total. The summed E-state index contributed by atoms with van der Waals surface area (Å²) in [6, 6.07) is 19.8. The molecule has 2 aromatic heterocycles. The normalized spacial score (nSPS) is 11.5. The molecule has 2 amide bonds. The van der Waals surface area contributed by atoms with E-state index in [1.165, 1.54) is 22.7 Å². The molecule has 0 aliphatic heterocycles. The number of rotatable bonds is 8. The van der Waals surface area contributed by atoms with E-state index in [9.17, 15) is 9.59 Å². The van der Waals surface area contributed by atoms with Crippen molar-refractivity contribution in [3.63, 3.8) is 0 Å². The Morgan fingerprint density at radius 2 is 1.88 bits per heavy atom. The van der Waals surface area contributed by atoms with E-state index in [0.717, 1.165) is 11.1 Å². The van der Waals surface area contributed by atoms with Crippen LogP contribution in [0.4, 0.5) is 5.13 Å². The minimum Gasteiger partial charge on any atom is -0.497 e. The van der Waals surface area contributed by atoms with E-state index in [1.54, 1.807) is 19.2 Å². The van der Waals surface area contributed by atoms with Crippen LogP contribution in [0.15, 0.2) is 72.1 Å². The van der Waals surface area contributed by atoms with Crippen molar-refractivity contribution in [1.29, 1.82) is 0 Å². The first-order valence-corrected chi connectivity index (χ1v) is 11.5. The van der Waals surface area contributed by atoms with Gasteiger partial charge in [0.05, 0.1) is 12.0 Å². The van der Waals surface area contributed by atoms with Gasteiger partial charge in [0.2, 0.25) is 11.0 Å². The average molecular weight is 465 g/mol. The van der Waals surface area contributed by atoms with Gasteiger partial charge in [-0.05, 0) is 29.1 Å². The number of hydrogen-bond donors (Lipinski definition) is 2. The van der Waals surface area contributed by atoms with Gasteiger partial charge in [-0.2, -0.15) is 0 Å². The van der Waals surface area contributed by atoms with Crippen LogP contribution in [0.3, 0.4) is 0 Å². The third-order valence-corrected chi connectivity index (χ3v) is 6.38. The van der Waals surface area contributed by atoms with E-state index < -0.39 is 6.04 Å². The van der Waals surface area contributed by atoms with E-state index >= 15 is 0 Å². The third kappa shape index (κ3) is 5.37. The summed E-state index contributed by atoms with van der Waals surface area (Å²) in [7, 11) is 1.60. The maximum absolute atomic E-state index is 13.1. The molecule has 4 rings (SSSR count). The largest absolute Gasteiger partial charge is 0.497 e. The highest BCUT2D eigenvalue weighted by Gasteiger charge is 2.23. The van der Waals surface area contributed by atoms with E-state index in [4.69, 9.17) is 4.74 Å². The van der Waals surface area contributed by atoms with Crippen LogP contribution in [0, 0.1) is 0 Å². The van der Waals surface area contributed by atoms with Crippen LogP contribution < -0.4 is 15.4 Å². The predicted molar refractivity (Wildman–Crippen MR) is 126 cm³/mol. The Bertz CT molecular complexity index is 1190. The van der Waals surface area contributed by atoms with Crippen LogP contribution in [0.5, 0.6) is 5.75 Å². The van der Waals surface area contributed by atoms with Gasteiger partial charge in [-0.15, -0.1) is 21.5 Å². The lowest BCUT2D eigenvalue weighted by Crippen LogP contribution is -2.45. The maximum atomic E-state index is 13.1. The Labute approximate surface area is 193 Å². The standard InChI is InChI=1S/C23H20N4O3S2/c1-30-17-10-5-9-16(14-17)22-26-27-23(32-22)25-20(28)18(13-15-7-3-2-4-8-15)24-21(29)19-11-6-12-31-19/h2-12,14,18H,13H2,1H3,(H,24,29)(H,25,27,28). The van der Waals surface area contributed by atoms with Gasteiger partial charge >= 0.3 is 0 Å². The Morgan fingerprint density at radius 3 is 2.62 bits per heavy atom. The monoisotopic (exact) mass is 464 g/mol. The van der Waals surface area contributed by atoms with Gasteiger partial charge in [-0.25, -0.2) is 0 Å². The molecule has 0 aliphatic rings. The van der Waals surface area contributed by atoms with Gasteiger partial charge in [0, 0.05) is 12.0 Å². The number of ether oxygens (including phenoxy) is 1. The maximum Gasteiger partial charge on any atom is 0.262 e. The number of hydrogen-bond acceptors (Lipinski definition) is 7. The molecule has 0 saturated heterocycles. The van der Waals surface area contributed by atoms with Gasteiger partial charge in [-0.1, -0.05) is 59.9 Å². The second-order valence-electron chi connectivity index (χ2n) is 6.83. The molecule has 2 heterocycles. The summed E-state index contributed by atoms with van der Waals surface area (Å²) in [4.78, 5) is 26.2. The minimum atomic E-state index is -0.767. The number of carbonyl (C=O) groups is 2. The molecule has 0 aliphatic carbocycles. The molecule has 1 atom stereocenters. The van der Waals surface area contributed by atoms with Crippen LogP contribution >= 0.6 is 22.7 Å². The third-order valence-electron chi connectivity index (χ3n) is 4.62. The zero-order chi connectivity index (χ0) is 22.3. The molecule has 0 bridgehead atoms. The van der Waals surface area contributed by atoms with Gasteiger partial charge in [0.1, 0.15) is 16.8 Å². The Kier molecular flexibility index (Phi) is 6.88. The van der Waals surface area contributed by atoms with Gasteiger partial charge in [0.25, 0.3) is 5.91 Å². The van der Waals surface area contributed by atoms with Crippen molar-refractivity contribution in [2.45, 2.75) is 12.5 Å². The number of carbonyl (C=O) groups excluding carboxylic acids is 2. The fourth-order valence-corrected chi connectivity index (χ4v) is 4.40. The van der Waals surface area contributed by atoms with Crippen molar-refractivity contribution < 1.29 is 14.3 Å². The lowest BCUT2D eigenvalue weighted by atomic mass is 10.1. The quantitative estimate of drug-likeness (QED) is 0.407. The van der Waals surface area contributed by atoms with E-state index in [1.807, 2.05) is 60.0 Å². The highest BCUT2D eigenvalue weighted by Crippen LogP contribution is 2.28. The van der Waals surface area contributed by atoms with Crippen molar-refractivity contribution in [2.24, 2.45) is 0 Å². The van der Waals surface area contributed by atoms with Crippen LogP contribution in [0.25, 0.3) is 10.6 Å². The predicted octanol–water partition coefficient (Wildman–Crippen LogP) is 4.26. The Balaban J connectivity index is 1.50. The number of methoxy groups -OCH3 is 1. The molecule has 32 heavy (non-hydrogen) atoms. The summed E-state index contributed by atoms with van der Waals surface area (Å²) in [5.74, 6) is 0.0695. The molecule has 0 fully saturated rings. The molecule has 2 aromatic carbocycles. The first-order valence-electron chi connectivity index (χ1n) is 9.79. The molecule has 0 spiro atoms. The second kappa shape index (κ2) is 10.2. The lowest BCUT2D eigenvalue weighted by Gasteiger charge is -2.17. The summed E-state index contributed by atoms with van der Waals surface area (Å²) in [6.07, 6.45) is 0.353. The lowest BCUT2D eigenvalue weighted by molar-refractivity contribution is -0.118.